The predicted octanol–water partition coefficient (Wildman–Crippen LogP) is 4.74. The molecule has 0 N–H and O–H groups in total. The predicted molar refractivity (Wildman–Crippen MR) is 115 cm³/mol. The molecule has 4 nitrogen and oxygen atoms in total. The Hall–Kier alpha value is -3.17. The van der Waals surface area contributed by atoms with E-state index in [-0.39, 0.29) is 16.5 Å². The second-order valence-electron chi connectivity index (χ2n) is 6.91. The molecule has 0 aliphatic carbocycles. The van der Waals surface area contributed by atoms with Gasteiger partial charge in [0.05, 0.1) is 17.6 Å². The first-order valence-corrected chi connectivity index (χ1v) is 9.34. The van der Waals surface area contributed by atoms with Crippen molar-refractivity contribution in [2.45, 2.75) is 20.8 Å². The van der Waals surface area contributed by atoms with Gasteiger partial charge in [0.15, 0.2) is 0 Å². The summed E-state index contributed by atoms with van der Waals surface area (Å²) in [6, 6.07) is 20.2. The Morgan fingerprint density at radius 2 is 1.30 bits per heavy atom. The van der Waals surface area contributed by atoms with E-state index in [0.717, 1.165) is 22.2 Å². The van der Waals surface area contributed by atoms with Crippen molar-refractivity contribution < 1.29 is 26.7 Å². The number of hydrogen-bond donors (Lipinski definition) is 0. The van der Waals surface area contributed by atoms with Crippen LogP contribution in [0.2, 0.25) is 0 Å². The second-order valence-corrected chi connectivity index (χ2v) is 6.91. The third kappa shape index (κ3) is 5.92. The van der Waals surface area contributed by atoms with E-state index < -0.39 is 11.5 Å². The van der Waals surface area contributed by atoms with Crippen molar-refractivity contribution >= 4 is 22.7 Å². The molecule has 154 valence electrons. The second kappa shape index (κ2) is 10.6. The summed E-state index contributed by atoms with van der Waals surface area (Å²) in [6.45, 7) is 6.28. The minimum absolute atomic E-state index is 0. The molecule has 0 atom stereocenters. The normalized spacial score (nSPS) is 10.4. The summed E-state index contributed by atoms with van der Waals surface area (Å²) >= 11 is 0. The largest absolute Gasteiger partial charge is 2.00 e. The van der Waals surface area contributed by atoms with Crippen molar-refractivity contribution in [2.24, 2.45) is 4.99 Å². The third-order valence-corrected chi connectivity index (χ3v) is 4.46. The quantitative estimate of drug-likeness (QED) is 0.333. The molecule has 0 aliphatic heterocycles. The molecule has 1 heterocycles. The minimum atomic E-state index is -0.436. The van der Waals surface area contributed by atoms with Gasteiger partial charge < -0.3 is 10.2 Å². The summed E-state index contributed by atoms with van der Waals surface area (Å²) in [4.78, 5) is 8.75. The number of aromatic nitrogens is 1. The molecule has 0 fully saturated rings. The molecule has 1 aromatic heterocycles. The zero-order valence-corrected chi connectivity index (χ0v) is 18.0. The van der Waals surface area contributed by atoms with Crippen molar-refractivity contribution in [1.82, 2.24) is 4.98 Å². The molecule has 0 aliphatic rings. The molecule has 5 heteroatoms. The van der Waals surface area contributed by atoms with Gasteiger partial charge in [-0.3, -0.25) is 9.98 Å². The first-order valence-electron chi connectivity index (χ1n) is 9.34. The van der Waals surface area contributed by atoms with Crippen LogP contribution in [0.3, 0.4) is 0 Å². The van der Waals surface area contributed by atoms with Gasteiger partial charge in [-0.05, 0) is 54.8 Å². The smallest absolute Gasteiger partial charge is 0.873 e. The summed E-state index contributed by atoms with van der Waals surface area (Å²) in [5, 5.41) is 23.5. The zero-order valence-electron chi connectivity index (χ0n) is 17.0. The van der Waals surface area contributed by atoms with Crippen LogP contribution in [0.4, 0.5) is 5.69 Å². The van der Waals surface area contributed by atoms with Gasteiger partial charge in [0.2, 0.25) is 0 Å². The third-order valence-electron chi connectivity index (χ3n) is 4.46. The van der Waals surface area contributed by atoms with Crippen LogP contribution in [-0.2, 0) is 16.5 Å². The average molecular weight is 441 g/mol. The van der Waals surface area contributed by atoms with Crippen molar-refractivity contribution in [3.8, 4) is 11.5 Å². The SMILES string of the molecule is Cc1cc(C)c(N=Cc2ccccn2)c(C)c1.[Ni+2].[O-]c1cc2ccccc2cc1[O-]. The van der Waals surface area contributed by atoms with Gasteiger partial charge in [0, 0.05) is 6.20 Å². The van der Waals surface area contributed by atoms with Crippen LogP contribution in [0.5, 0.6) is 11.5 Å². The Kier molecular flexibility index (Phi) is 8.14. The Morgan fingerprint density at radius 1 is 0.767 bits per heavy atom. The Labute approximate surface area is 186 Å². The molecular formula is C25H22N2NiO2. The van der Waals surface area contributed by atoms with Crippen molar-refractivity contribution in [3.63, 3.8) is 0 Å². The van der Waals surface area contributed by atoms with E-state index in [0.29, 0.717) is 0 Å². The minimum Gasteiger partial charge on any atom is -0.873 e. The summed E-state index contributed by atoms with van der Waals surface area (Å²) in [5.74, 6) is -0.873. The summed E-state index contributed by atoms with van der Waals surface area (Å²) in [5.41, 5.74) is 5.61. The summed E-state index contributed by atoms with van der Waals surface area (Å²) in [6.07, 6.45) is 3.58. The fourth-order valence-corrected chi connectivity index (χ4v) is 3.16. The van der Waals surface area contributed by atoms with Crippen LogP contribution in [0.1, 0.15) is 22.4 Å². The van der Waals surface area contributed by atoms with Gasteiger partial charge in [0.25, 0.3) is 0 Å². The van der Waals surface area contributed by atoms with E-state index in [4.69, 9.17) is 0 Å². The van der Waals surface area contributed by atoms with E-state index in [1.54, 1.807) is 6.20 Å². The van der Waals surface area contributed by atoms with Gasteiger partial charge in [0.1, 0.15) is 0 Å². The number of benzene rings is 3. The van der Waals surface area contributed by atoms with E-state index in [1.807, 2.05) is 48.7 Å². The molecule has 3 aromatic carbocycles. The van der Waals surface area contributed by atoms with Gasteiger partial charge in [-0.15, -0.1) is 11.5 Å². The maximum absolute atomic E-state index is 10.9. The number of aliphatic imine (C=N–C) groups is 1. The van der Waals surface area contributed by atoms with Crippen LogP contribution in [0.25, 0.3) is 10.8 Å². The number of nitrogens with zero attached hydrogens (tertiary/aromatic N) is 2. The number of rotatable bonds is 2. The van der Waals surface area contributed by atoms with Crippen LogP contribution >= 0.6 is 0 Å². The number of aryl methyl sites for hydroxylation is 3. The summed E-state index contributed by atoms with van der Waals surface area (Å²) < 4.78 is 0. The average Bonchev–Trinajstić information content (AvgIpc) is 2.69. The monoisotopic (exact) mass is 440 g/mol. The first-order chi connectivity index (χ1) is 13.9. The maximum atomic E-state index is 10.9. The molecule has 0 saturated heterocycles. The molecule has 0 spiro atoms. The topological polar surface area (TPSA) is 71.4 Å². The fraction of sp³-hybridized carbons (Fsp3) is 0.120. The van der Waals surface area contributed by atoms with Gasteiger partial charge in [-0.1, -0.05) is 60.2 Å². The molecule has 30 heavy (non-hydrogen) atoms. The molecule has 4 rings (SSSR count). The first kappa shape index (κ1) is 23.1. The van der Waals surface area contributed by atoms with Crippen LogP contribution in [0, 0.1) is 20.8 Å². The Bertz CT molecular complexity index is 1090. The van der Waals surface area contributed by atoms with Gasteiger partial charge in [-0.2, -0.15) is 0 Å². The molecule has 0 radical (unpaired) electrons. The van der Waals surface area contributed by atoms with Crippen molar-refractivity contribution in [3.05, 3.63) is 95.3 Å². The van der Waals surface area contributed by atoms with Gasteiger partial charge in [-0.25, -0.2) is 0 Å². The van der Waals surface area contributed by atoms with E-state index in [9.17, 15) is 10.2 Å². The molecule has 4 aromatic rings. The number of fused-ring (bicyclic) bond motifs is 1. The van der Waals surface area contributed by atoms with Crippen molar-refractivity contribution in [2.75, 3.05) is 0 Å². The maximum Gasteiger partial charge on any atom is 2.00 e. The standard InChI is InChI=1S/C15H16N2.C10H8O2.Ni/c1-11-8-12(2)15(13(3)9-11)17-10-14-6-4-5-7-16-14;11-9-5-7-3-1-2-4-8(7)6-10(9)12;/h4-10H,1-3H3;1-6,11-12H;/q;;+2/p-2. The van der Waals surface area contributed by atoms with Crippen LogP contribution in [0.15, 0.2) is 77.9 Å². The summed E-state index contributed by atoms with van der Waals surface area (Å²) in [7, 11) is 0. The molecule has 0 amide bonds. The van der Waals surface area contributed by atoms with Gasteiger partial charge >= 0.3 is 16.5 Å². The van der Waals surface area contributed by atoms with E-state index in [2.05, 4.69) is 42.9 Å². The molecule has 0 saturated carbocycles. The van der Waals surface area contributed by atoms with Crippen LogP contribution < -0.4 is 10.2 Å². The van der Waals surface area contributed by atoms with E-state index in [1.165, 1.54) is 28.8 Å². The zero-order chi connectivity index (χ0) is 20.8. The number of hydrogen-bond acceptors (Lipinski definition) is 4. The van der Waals surface area contributed by atoms with Crippen molar-refractivity contribution in [1.29, 1.82) is 0 Å². The molecule has 0 unspecified atom stereocenters. The fourth-order valence-electron chi connectivity index (χ4n) is 3.16. The number of pyridine rings is 1. The van der Waals surface area contributed by atoms with E-state index >= 15 is 0 Å². The molecule has 0 bridgehead atoms. The molecular weight excluding hydrogens is 419 g/mol. The Morgan fingerprint density at radius 3 is 1.80 bits per heavy atom. The van der Waals surface area contributed by atoms with Crippen LogP contribution in [-0.4, -0.2) is 11.2 Å². The Balaban J connectivity index is 0.000000218.